The number of methoxy groups -OCH3 is 1. The maximum atomic E-state index is 13.1. The first-order valence-corrected chi connectivity index (χ1v) is 12.8. The molecule has 34 heavy (non-hydrogen) atoms. The number of rotatable bonds is 8. The van der Waals surface area contributed by atoms with Gasteiger partial charge in [0.2, 0.25) is 15.9 Å². The second kappa shape index (κ2) is 11.2. The highest BCUT2D eigenvalue weighted by Crippen LogP contribution is 2.32. The van der Waals surface area contributed by atoms with Gasteiger partial charge in [-0.15, -0.1) is 0 Å². The van der Waals surface area contributed by atoms with Crippen LogP contribution in [0.1, 0.15) is 11.1 Å². The van der Waals surface area contributed by atoms with Crippen LogP contribution in [0.2, 0.25) is 5.02 Å². The number of carbonyl (C=O) groups is 1. The Morgan fingerprint density at radius 3 is 2.62 bits per heavy atom. The number of aliphatic hydroxyl groups is 1. The Hall–Kier alpha value is -2.66. The summed E-state index contributed by atoms with van der Waals surface area (Å²) < 4.78 is 44.2. The third-order valence-electron chi connectivity index (χ3n) is 5.40. The van der Waals surface area contributed by atoms with Gasteiger partial charge in [0.25, 0.3) is 0 Å². The first kappa shape index (κ1) is 26.0. The molecule has 1 aliphatic heterocycles. The first-order valence-electron chi connectivity index (χ1n) is 10.5. The largest absolute Gasteiger partial charge is 0.495 e. The van der Waals surface area contributed by atoms with Crippen molar-refractivity contribution in [3.05, 3.63) is 64.4 Å². The van der Waals surface area contributed by atoms with Gasteiger partial charge in [-0.05, 0) is 35.9 Å². The number of halogens is 2. The number of hydrogen-bond donors (Lipinski definition) is 2. The zero-order valence-electron chi connectivity index (χ0n) is 18.9. The standard InChI is InChI=1S/C23H27ClFN3O5S/c1-33-22-11-17(21(12-20(22)24)26-34(2,31)32)5-8-23(30)28-10-9-27(14-19(28)15-29)13-16-3-6-18(25)7-4-16/h3-8,11-12,19,26,29H,9-10,13-15H2,1-2H3/t19-/m0/s1. The third kappa shape index (κ3) is 6.92. The van der Waals surface area contributed by atoms with Gasteiger partial charge in [0, 0.05) is 37.8 Å². The Balaban J connectivity index is 1.73. The number of nitrogens with one attached hydrogen (secondary N) is 1. The van der Waals surface area contributed by atoms with Crippen LogP contribution >= 0.6 is 11.6 Å². The zero-order valence-corrected chi connectivity index (χ0v) is 20.4. The Labute approximate surface area is 203 Å². The Kier molecular flexibility index (Phi) is 8.53. The van der Waals surface area contributed by atoms with Crippen molar-refractivity contribution in [3.63, 3.8) is 0 Å². The maximum Gasteiger partial charge on any atom is 0.246 e. The summed E-state index contributed by atoms with van der Waals surface area (Å²) in [6.45, 7) is 1.81. The molecule has 3 rings (SSSR count). The molecule has 0 unspecified atom stereocenters. The maximum absolute atomic E-state index is 13.1. The number of piperazine rings is 1. The second-order valence-electron chi connectivity index (χ2n) is 8.01. The van der Waals surface area contributed by atoms with Gasteiger partial charge < -0.3 is 14.7 Å². The van der Waals surface area contributed by atoms with Gasteiger partial charge >= 0.3 is 0 Å². The van der Waals surface area contributed by atoms with E-state index in [1.54, 1.807) is 17.0 Å². The van der Waals surface area contributed by atoms with Crippen LogP contribution < -0.4 is 9.46 Å². The minimum absolute atomic E-state index is 0.208. The predicted molar refractivity (Wildman–Crippen MR) is 130 cm³/mol. The molecule has 0 spiro atoms. The number of ether oxygens (including phenoxy) is 1. The molecule has 1 amide bonds. The average Bonchev–Trinajstić information content (AvgIpc) is 2.78. The molecule has 11 heteroatoms. The number of benzene rings is 2. The minimum Gasteiger partial charge on any atom is -0.495 e. The number of aliphatic hydroxyl groups excluding tert-OH is 1. The van der Waals surface area contributed by atoms with Gasteiger partial charge in [0.05, 0.1) is 36.7 Å². The molecule has 0 aliphatic carbocycles. The lowest BCUT2D eigenvalue weighted by Gasteiger charge is -2.40. The number of nitrogens with zero attached hydrogens (tertiary/aromatic N) is 2. The smallest absolute Gasteiger partial charge is 0.246 e. The zero-order chi connectivity index (χ0) is 24.9. The van der Waals surface area contributed by atoms with Gasteiger partial charge in [-0.1, -0.05) is 23.7 Å². The Bertz CT molecular complexity index is 1160. The van der Waals surface area contributed by atoms with Crippen molar-refractivity contribution in [2.45, 2.75) is 12.6 Å². The van der Waals surface area contributed by atoms with E-state index < -0.39 is 16.1 Å². The molecule has 0 bridgehead atoms. The molecule has 1 atom stereocenters. The van der Waals surface area contributed by atoms with Crippen LogP contribution in [0.3, 0.4) is 0 Å². The summed E-state index contributed by atoms with van der Waals surface area (Å²) in [5, 5.41) is 10.1. The SMILES string of the molecule is COc1cc(C=CC(=O)N2CCN(Cc3ccc(F)cc3)C[C@H]2CO)c(NS(C)(=O)=O)cc1Cl. The Morgan fingerprint density at radius 1 is 1.29 bits per heavy atom. The number of carbonyl (C=O) groups excluding carboxylic acids is 1. The van der Waals surface area contributed by atoms with Crippen LogP contribution in [-0.4, -0.2) is 74.9 Å². The van der Waals surface area contributed by atoms with Gasteiger partial charge in [0.15, 0.2) is 0 Å². The van der Waals surface area contributed by atoms with Crippen LogP contribution in [0.15, 0.2) is 42.5 Å². The molecule has 2 N–H and O–H groups in total. The molecule has 8 nitrogen and oxygen atoms in total. The van der Waals surface area contributed by atoms with Gasteiger partial charge in [-0.2, -0.15) is 0 Å². The van der Waals surface area contributed by atoms with E-state index in [0.29, 0.717) is 37.5 Å². The van der Waals surface area contributed by atoms with Crippen molar-refractivity contribution in [1.29, 1.82) is 0 Å². The van der Waals surface area contributed by atoms with Gasteiger partial charge in [0.1, 0.15) is 11.6 Å². The molecule has 1 aliphatic rings. The average molecular weight is 512 g/mol. The first-order chi connectivity index (χ1) is 16.1. The fourth-order valence-electron chi connectivity index (χ4n) is 3.77. The van der Waals surface area contributed by atoms with Crippen LogP contribution in [0.4, 0.5) is 10.1 Å². The van der Waals surface area contributed by atoms with E-state index in [-0.39, 0.29) is 29.0 Å². The van der Waals surface area contributed by atoms with E-state index in [0.717, 1.165) is 11.8 Å². The molecule has 0 saturated carbocycles. The number of amides is 1. The van der Waals surface area contributed by atoms with Crippen molar-refractivity contribution >= 4 is 39.3 Å². The van der Waals surface area contributed by atoms with E-state index >= 15 is 0 Å². The molecule has 0 aromatic heterocycles. The van der Waals surface area contributed by atoms with Crippen molar-refractivity contribution in [2.24, 2.45) is 0 Å². The normalized spacial score (nSPS) is 17.2. The lowest BCUT2D eigenvalue weighted by Crippen LogP contribution is -2.55. The molecule has 184 valence electrons. The van der Waals surface area contributed by atoms with Crippen molar-refractivity contribution in [2.75, 3.05) is 44.3 Å². The summed E-state index contributed by atoms with van der Waals surface area (Å²) in [4.78, 5) is 16.6. The van der Waals surface area contributed by atoms with Crippen molar-refractivity contribution < 1.29 is 27.4 Å². The summed E-state index contributed by atoms with van der Waals surface area (Å²) in [6.07, 6.45) is 3.82. The molecule has 1 fully saturated rings. The van der Waals surface area contributed by atoms with Gasteiger partial charge in [-0.25, -0.2) is 12.8 Å². The molecule has 0 radical (unpaired) electrons. The number of hydrogen-bond acceptors (Lipinski definition) is 6. The molecule has 1 saturated heterocycles. The topological polar surface area (TPSA) is 99.2 Å². The monoisotopic (exact) mass is 511 g/mol. The molecule has 2 aromatic rings. The summed E-state index contributed by atoms with van der Waals surface area (Å²) >= 11 is 6.12. The predicted octanol–water partition coefficient (Wildman–Crippen LogP) is 2.58. The number of anilines is 1. The van der Waals surface area contributed by atoms with Crippen LogP contribution in [0.25, 0.3) is 6.08 Å². The summed E-state index contributed by atoms with van der Waals surface area (Å²) in [6, 6.07) is 8.77. The quantitative estimate of drug-likeness (QED) is 0.529. The molecular formula is C23H27ClFN3O5S. The van der Waals surface area contributed by atoms with E-state index in [4.69, 9.17) is 16.3 Å². The van der Waals surface area contributed by atoms with E-state index in [1.807, 2.05) is 0 Å². The summed E-state index contributed by atoms with van der Waals surface area (Å²) in [5.74, 6) is -0.289. The van der Waals surface area contributed by atoms with E-state index in [1.165, 1.54) is 43.5 Å². The van der Waals surface area contributed by atoms with Crippen molar-refractivity contribution in [3.8, 4) is 5.75 Å². The third-order valence-corrected chi connectivity index (χ3v) is 6.29. The fourth-order valence-corrected chi connectivity index (χ4v) is 4.58. The molecule has 2 aromatic carbocycles. The summed E-state index contributed by atoms with van der Waals surface area (Å²) in [7, 11) is -2.15. The van der Waals surface area contributed by atoms with E-state index in [2.05, 4.69) is 9.62 Å². The summed E-state index contributed by atoms with van der Waals surface area (Å²) in [5.41, 5.74) is 1.55. The second-order valence-corrected chi connectivity index (χ2v) is 10.2. The van der Waals surface area contributed by atoms with Crippen LogP contribution in [0, 0.1) is 5.82 Å². The Morgan fingerprint density at radius 2 is 2.00 bits per heavy atom. The highest BCUT2D eigenvalue weighted by molar-refractivity contribution is 7.92. The van der Waals surface area contributed by atoms with Crippen LogP contribution in [0.5, 0.6) is 5.75 Å². The van der Waals surface area contributed by atoms with Crippen molar-refractivity contribution in [1.82, 2.24) is 9.80 Å². The van der Waals surface area contributed by atoms with E-state index in [9.17, 15) is 22.7 Å². The molecule has 1 heterocycles. The fraction of sp³-hybridized carbons (Fsp3) is 0.348. The minimum atomic E-state index is -3.58. The van der Waals surface area contributed by atoms with Crippen LogP contribution in [-0.2, 0) is 21.4 Å². The highest BCUT2D eigenvalue weighted by Gasteiger charge is 2.29. The molecular weight excluding hydrogens is 485 g/mol. The lowest BCUT2D eigenvalue weighted by molar-refractivity contribution is -0.132. The highest BCUT2D eigenvalue weighted by atomic mass is 35.5. The van der Waals surface area contributed by atoms with Gasteiger partial charge in [-0.3, -0.25) is 14.4 Å². The number of sulfonamides is 1. The lowest BCUT2D eigenvalue weighted by atomic mass is 10.1.